The summed E-state index contributed by atoms with van der Waals surface area (Å²) in [7, 11) is 0. The molecule has 0 radical (unpaired) electrons. The molecule has 2 aromatic heterocycles. The molecule has 0 saturated heterocycles. The summed E-state index contributed by atoms with van der Waals surface area (Å²) in [6.45, 7) is 0.472. The number of benzene rings is 1. The minimum atomic E-state index is -0.483. The standard InChI is InChI=1S/C18H13ClFN3OS/c19-14-9-11(5-6-15(14)20)22-17-16-13(4-1-7-21-16)18(24)23(17)10-12-3-2-8-25-12/h1-9,17,22H,10H2/t17-/m1/s1. The number of thiophene rings is 1. The number of fused-ring (bicyclic) bond motifs is 1. The molecule has 25 heavy (non-hydrogen) atoms. The van der Waals surface area contributed by atoms with E-state index in [9.17, 15) is 9.18 Å². The van der Waals surface area contributed by atoms with Gasteiger partial charge in [-0.2, -0.15) is 0 Å². The summed E-state index contributed by atoms with van der Waals surface area (Å²) in [5, 5.41) is 5.26. The van der Waals surface area contributed by atoms with E-state index in [0.29, 0.717) is 23.5 Å². The minimum Gasteiger partial charge on any atom is -0.360 e. The number of rotatable bonds is 4. The van der Waals surface area contributed by atoms with Gasteiger partial charge in [-0.1, -0.05) is 17.7 Å². The van der Waals surface area contributed by atoms with Crippen molar-refractivity contribution >= 4 is 34.5 Å². The summed E-state index contributed by atoms with van der Waals surface area (Å²) in [6, 6.07) is 11.9. The van der Waals surface area contributed by atoms with Gasteiger partial charge < -0.3 is 10.2 Å². The van der Waals surface area contributed by atoms with Gasteiger partial charge in [0.15, 0.2) is 0 Å². The molecule has 3 aromatic rings. The van der Waals surface area contributed by atoms with E-state index >= 15 is 0 Å². The molecule has 1 N–H and O–H groups in total. The van der Waals surface area contributed by atoms with Crippen LogP contribution in [0.2, 0.25) is 5.02 Å². The topological polar surface area (TPSA) is 45.2 Å². The first-order chi connectivity index (χ1) is 12.1. The monoisotopic (exact) mass is 373 g/mol. The van der Waals surface area contributed by atoms with Crippen LogP contribution in [0.25, 0.3) is 0 Å². The molecular formula is C18H13ClFN3OS. The first-order valence-electron chi connectivity index (χ1n) is 7.63. The SMILES string of the molecule is O=C1c2cccnc2[C@H](Nc2ccc(F)c(Cl)c2)N1Cc1cccs1. The Labute approximate surface area is 152 Å². The average molecular weight is 374 g/mol. The maximum absolute atomic E-state index is 13.4. The zero-order valence-corrected chi connectivity index (χ0v) is 14.5. The van der Waals surface area contributed by atoms with Crippen LogP contribution in [0, 0.1) is 5.82 Å². The van der Waals surface area contributed by atoms with Gasteiger partial charge in [0.2, 0.25) is 0 Å². The Morgan fingerprint density at radius 1 is 1.28 bits per heavy atom. The summed E-state index contributed by atoms with van der Waals surface area (Å²) >= 11 is 7.46. The molecule has 1 atom stereocenters. The number of nitrogens with zero attached hydrogens (tertiary/aromatic N) is 2. The number of halogens is 2. The van der Waals surface area contributed by atoms with Crippen molar-refractivity contribution in [1.29, 1.82) is 0 Å². The molecule has 3 heterocycles. The number of hydrogen-bond acceptors (Lipinski definition) is 4. The molecule has 4 nitrogen and oxygen atoms in total. The van der Waals surface area contributed by atoms with Crippen molar-refractivity contribution in [2.75, 3.05) is 5.32 Å². The number of hydrogen-bond donors (Lipinski definition) is 1. The van der Waals surface area contributed by atoms with Gasteiger partial charge in [0, 0.05) is 16.8 Å². The minimum absolute atomic E-state index is 0.0281. The fraction of sp³-hybridized carbons (Fsp3) is 0.111. The summed E-state index contributed by atoms with van der Waals surface area (Å²) in [5.41, 5.74) is 1.85. The highest BCUT2D eigenvalue weighted by Crippen LogP contribution is 2.35. The molecular weight excluding hydrogens is 361 g/mol. The van der Waals surface area contributed by atoms with Crippen LogP contribution in [0.4, 0.5) is 10.1 Å². The van der Waals surface area contributed by atoms with Crippen molar-refractivity contribution in [3.8, 4) is 0 Å². The zero-order valence-electron chi connectivity index (χ0n) is 12.9. The van der Waals surface area contributed by atoms with Gasteiger partial charge in [0.1, 0.15) is 12.0 Å². The zero-order chi connectivity index (χ0) is 17.4. The van der Waals surface area contributed by atoms with E-state index in [0.717, 1.165) is 4.88 Å². The molecule has 1 aromatic carbocycles. The van der Waals surface area contributed by atoms with E-state index in [2.05, 4.69) is 10.3 Å². The molecule has 0 saturated carbocycles. The highest BCUT2D eigenvalue weighted by Gasteiger charge is 2.38. The molecule has 0 fully saturated rings. The first kappa shape index (κ1) is 16.1. The van der Waals surface area contributed by atoms with Gasteiger partial charge in [-0.05, 0) is 41.8 Å². The number of nitrogens with one attached hydrogen (secondary N) is 1. The van der Waals surface area contributed by atoms with E-state index in [-0.39, 0.29) is 10.9 Å². The summed E-state index contributed by atoms with van der Waals surface area (Å²) in [6.07, 6.45) is 1.22. The van der Waals surface area contributed by atoms with Gasteiger partial charge >= 0.3 is 0 Å². The fourth-order valence-corrected chi connectivity index (χ4v) is 3.74. The van der Waals surface area contributed by atoms with Crippen LogP contribution in [0.1, 0.15) is 27.1 Å². The van der Waals surface area contributed by atoms with Crippen LogP contribution in [0.3, 0.4) is 0 Å². The highest BCUT2D eigenvalue weighted by atomic mass is 35.5. The van der Waals surface area contributed by atoms with Crippen molar-refractivity contribution in [3.63, 3.8) is 0 Å². The number of pyridine rings is 1. The van der Waals surface area contributed by atoms with Crippen LogP contribution >= 0.6 is 22.9 Å². The quantitative estimate of drug-likeness (QED) is 0.720. The lowest BCUT2D eigenvalue weighted by Crippen LogP contribution is -2.31. The third-order valence-electron chi connectivity index (χ3n) is 4.03. The number of amides is 1. The van der Waals surface area contributed by atoms with Crippen LogP contribution < -0.4 is 5.32 Å². The lowest BCUT2D eigenvalue weighted by molar-refractivity contribution is 0.0729. The first-order valence-corrected chi connectivity index (χ1v) is 8.89. The predicted octanol–water partition coefficient (Wildman–Crippen LogP) is 4.70. The van der Waals surface area contributed by atoms with Gasteiger partial charge in [0.25, 0.3) is 5.91 Å². The van der Waals surface area contributed by atoms with Gasteiger partial charge in [-0.25, -0.2) is 4.39 Å². The molecule has 7 heteroatoms. The van der Waals surface area contributed by atoms with E-state index in [1.54, 1.807) is 40.6 Å². The third kappa shape index (κ3) is 2.99. The molecule has 0 unspecified atom stereocenters. The van der Waals surface area contributed by atoms with Crippen LogP contribution in [-0.2, 0) is 6.54 Å². The van der Waals surface area contributed by atoms with Crippen LogP contribution in [-0.4, -0.2) is 15.8 Å². The molecule has 0 spiro atoms. The maximum atomic E-state index is 13.4. The fourth-order valence-electron chi connectivity index (χ4n) is 2.86. The Balaban J connectivity index is 1.70. The summed E-state index contributed by atoms with van der Waals surface area (Å²) < 4.78 is 13.4. The maximum Gasteiger partial charge on any atom is 0.258 e. The number of aromatic nitrogens is 1. The van der Waals surface area contributed by atoms with E-state index in [1.807, 2.05) is 17.5 Å². The predicted molar refractivity (Wildman–Crippen MR) is 96.2 cm³/mol. The van der Waals surface area contributed by atoms with Gasteiger partial charge in [-0.15, -0.1) is 11.3 Å². The molecule has 1 amide bonds. The third-order valence-corrected chi connectivity index (χ3v) is 5.18. The summed E-state index contributed by atoms with van der Waals surface area (Å²) in [4.78, 5) is 20.0. The van der Waals surface area contributed by atoms with Crippen molar-refractivity contribution in [3.05, 3.63) is 81.0 Å². The van der Waals surface area contributed by atoms with Gasteiger partial charge in [-0.3, -0.25) is 9.78 Å². The Morgan fingerprint density at radius 3 is 2.92 bits per heavy atom. The van der Waals surface area contributed by atoms with Crippen LogP contribution in [0.15, 0.2) is 54.0 Å². The van der Waals surface area contributed by atoms with E-state index < -0.39 is 12.0 Å². The number of carbonyl (C=O) groups excluding carboxylic acids is 1. The van der Waals surface area contributed by atoms with Crippen molar-refractivity contribution in [2.45, 2.75) is 12.7 Å². The van der Waals surface area contributed by atoms with E-state index in [1.165, 1.54) is 12.1 Å². The molecule has 0 aliphatic carbocycles. The lowest BCUT2D eigenvalue weighted by Gasteiger charge is -2.26. The lowest BCUT2D eigenvalue weighted by atomic mass is 10.2. The van der Waals surface area contributed by atoms with Crippen molar-refractivity contribution in [1.82, 2.24) is 9.88 Å². The molecule has 1 aliphatic heterocycles. The highest BCUT2D eigenvalue weighted by molar-refractivity contribution is 7.09. The molecule has 4 rings (SSSR count). The van der Waals surface area contributed by atoms with Gasteiger partial charge in [0.05, 0.1) is 22.8 Å². The largest absolute Gasteiger partial charge is 0.360 e. The molecule has 126 valence electrons. The Kier molecular flexibility index (Phi) is 4.15. The molecule has 0 bridgehead atoms. The second-order valence-corrected chi connectivity index (χ2v) is 7.06. The molecule has 1 aliphatic rings. The second-order valence-electron chi connectivity index (χ2n) is 5.62. The summed E-state index contributed by atoms with van der Waals surface area (Å²) in [5.74, 6) is -0.564. The van der Waals surface area contributed by atoms with Crippen molar-refractivity contribution < 1.29 is 9.18 Å². The number of anilines is 1. The second kappa shape index (κ2) is 6.46. The number of carbonyl (C=O) groups is 1. The van der Waals surface area contributed by atoms with Crippen molar-refractivity contribution in [2.24, 2.45) is 0 Å². The normalized spacial score (nSPS) is 16.2. The Bertz CT molecular complexity index is 932. The van der Waals surface area contributed by atoms with E-state index in [4.69, 9.17) is 11.6 Å². The Morgan fingerprint density at radius 2 is 2.16 bits per heavy atom. The Hall–Kier alpha value is -2.44. The average Bonchev–Trinajstić information content (AvgIpc) is 3.21. The van der Waals surface area contributed by atoms with Crippen LogP contribution in [0.5, 0.6) is 0 Å². The smallest absolute Gasteiger partial charge is 0.258 e.